The molecule has 0 aliphatic rings. The number of likely N-dealkylation sites (N-methyl/N-ethyl adjacent to an activating group) is 1. The summed E-state index contributed by atoms with van der Waals surface area (Å²) >= 11 is 0. The number of amides is 1. The molecular weight excluding hydrogens is 424 g/mol. The molecule has 0 bridgehead atoms. The Bertz CT molecular complexity index is 1240. The third kappa shape index (κ3) is 5.53. The monoisotopic (exact) mass is 450 g/mol. The number of carbonyl (C=O) groups excluding carboxylic acids is 1. The summed E-state index contributed by atoms with van der Waals surface area (Å²) in [6.45, 7) is 2.69. The molecule has 0 heterocycles. The van der Waals surface area contributed by atoms with E-state index in [-0.39, 0.29) is 23.2 Å². The van der Waals surface area contributed by atoms with Gasteiger partial charge in [0.1, 0.15) is 5.84 Å². The quantitative estimate of drug-likeness (QED) is 0.359. The number of nitrogens with zero attached hydrogens (tertiary/aromatic N) is 1. The number of anilines is 2. The van der Waals surface area contributed by atoms with E-state index in [4.69, 9.17) is 11.1 Å². The van der Waals surface area contributed by atoms with Gasteiger partial charge in [0.15, 0.2) is 9.84 Å². The number of nitrogens with two attached hydrogens (primary N) is 1. The maximum absolute atomic E-state index is 12.6. The first-order valence-electron chi connectivity index (χ1n) is 10.1. The molecule has 7 nitrogen and oxygen atoms in total. The van der Waals surface area contributed by atoms with Gasteiger partial charge in [-0.2, -0.15) is 0 Å². The number of rotatable bonds is 8. The Labute approximate surface area is 188 Å². The molecule has 1 amide bonds. The van der Waals surface area contributed by atoms with E-state index in [0.29, 0.717) is 23.4 Å². The van der Waals surface area contributed by atoms with Gasteiger partial charge >= 0.3 is 0 Å². The summed E-state index contributed by atoms with van der Waals surface area (Å²) in [6, 6.07) is 21.1. The summed E-state index contributed by atoms with van der Waals surface area (Å²) in [5.41, 5.74) is 8.96. The second kappa shape index (κ2) is 9.65. The standard InChI is InChI=1S/C24H26N4O3S/c1-3-28(20-8-6-7-18(15-20)24(25)26)16-23(29)27-19-13-11-17(12-14-19)21-9-4-5-10-22(21)32(2,30)31/h4-15H,3,16H2,1-2H3,(H3,25,26)(H,27,29). The molecule has 0 saturated carbocycles. The van der Waals surface area contributed by atoms with E-state index in [1.54, 1.807) is 66.7 Å². The van der Waals surface area contributed by atoms with Crippen molar-refractivity contribution in [1.82, 2.24) is 0 Å². The lowest BCUT2D eigenvalue weighted by atomic mass is 10.1. The molecule has 166 valence electrons. The Hall–Kier alpha value is -3.65. The van der Waals surface area contributed by atoms with Crippen molar-refractivity contribution < 1.29 is 13.2 Å². The van der Waals surface area contributed by atoms with Crippen molar-refractivity contribution in [2.45, 2.75) is 11.8 Å². The van der Waals surface area contributed by atoms with Crippen molar-refractivity contribution in [2.75, 3.05) is 29.6 Å². The number of amidine groups is 1. The molecule has 0 radical (unpaired) electrons. The SMILES string of the molecule is CCN(CC(=O)Nc1ccc(-c2ccccc2S(C)(=O)=O)cc1)c1cccc(C(=N)N)c1. The van der Waals surface area contributed by atoms with Crippen LogP contribution in [0.1, 0.15) is 12.5 Å². The zero-order valence-corrected chi connectivity index (χ0v) is 18.8. The molecular formula is C24H26N4O3S. The molecule has 0 saturated heterocycles. The van der Waals surface area contributed by atoms with Gasteiger partial charge in [-0.1, -0.05) is 42.5 Å². The van der Waals surface area contributed by atoms with E-state index >= 15 is 0 Å². The van der Waals surface area contributed by atoms with Gasteiger partial charge in [-0.25, -0.2) is 8.42 Å². The van der Waals surface area contributed by atoms with Crippen molar-refractivity contribution in [3.8, 4) is 11.1 Å². The van der Waals surface area contributed by atoms with E-state index in [1.807, 2.05) is 17.9 Å². The molecule has 3 rings (SSSR count). The van der Waals surface area contributed by atoms with E-state index in [9.17, 15) is 13.2 Å². The third-order valence-electron chi connectivity index (χ3n) is 5.00. The highest BCUT2D eigenvalue weighted by molar-refractivity contribution is 7.90. The van der Waals surface area contributed by atoms with Gasteiger partial charge in [0.2, 0.25) is 5.91 Å². The van der Waals surface area contributed by atoms with Crippen LogP contribution in [-0.2, 0) is 14.6 Å². The molecule has 0 unspecified atom stereocenters. The van der Waals surface area contributed by atoms with E-state index < -0.39 is 9.84 Å². The number of nitrogens with one attached hydrogen (secondary N) is 2. The van der Waals surface area contributed by atoms with Crippen LogP contribution in [-0.4, -0.2) is 39.5 Å². The molecule has 32 heavy (non-hydrogen) atoms. The largest absolute Gasteiger partial charge is 0.384 e. The Balaban J connectivity index is 1.73. The maximum Gasteiger partial charge on any atom is 0.243 e. The summed E-state index contributed by atoms with van der Waals surface area (Å²) < 4.78 is 24.1. The Kier molecular flexibility index (Phi) is 6.95. The molecule has 8 heteroatoms. The van der Waals surface area contributed by atoms with Gasteiger partial charge in [0.05, 0.1) is 11.4 Å². The number of nitrogen functional groups attached to an aromatic ring is 1. The fourth-order valence-electron chi connectivity index (χ4n) is 3.39. The third-order valence-corrected chi connectivity index (χ3v) is 6.16. The number of sulfone groups is 1. The van der Waals surface area contributed by atoms with Crippen LogP contribution in [0.25, 0.3) is 11.1 Å². The van der Waals surface area contributed by atoms with Crippen LogP contribution in [0.4, 0.5) is 11.4 Å². The van der Waals surface area contributed by atoms with E-state index in [2.05, 4.69) is 5.32 Å². The van der Waals surface area contributed by atoms with Gasteiger partial charge < -0.3 is 16.0 Å². The Morgan fingerprint density at radius 2 is 1.72 bits per heavy atom. The molecule has 0 fully saturated rings. The summed E-state index contributed by atoms with van der Waals surface area (Å²) in [7, 11) is -3.36. The number of hydrogen-bond acceptors (Lipinski definition) is 5. The second-order valence-corrected chi connectivity index (χ2v) is 9.36. The minimum Gasteiger partial charge on any atom is -0.384 e. The predicted octanol–water partition coefficient (Wildman–Crippen LogP) is 3.51. The summed E-state index contributed by atoms with van der Waals surface area (Å²) in [5.74, 6) is -0.214. The van der Waals surface area contributed by atoms with Crippen LogP contribution in [0.3, 0.4) is 0 Å². The number of carbonyl (C=O) groups is 1. The summed E-state index contributed by atoms with van der Waals surface area (Å²) in [6.07, 6.45) is 1.19. The highest BCUT2D eigenvalue weighted by Gasteiger charge is 2.15. The summed E-state index contributed by atoms with van der Waals surface area (Å²) in [4.78, 5) is 14.8. The highest BCUT2D eigenvalue weighted by atomic mass is 32.2. The van der Waals surface area contributed by atoms with Gasteiger partial charge in [-0.15, -0.1) is 0 Å². The molecule has 0 aliphatic carbocycles. The zero-order valence-electron chi connectivity index (χ0n) is 18.0. The fraction of sp³-hybridized carbons (Fsp3) is 0.167. The van der Waals surface area contributed by atoms with Crippen LogP contribution in [0.15, 0.2) is 77.7 Å². The Morgan fingerprint density at radius 3 is 2.34 bits per heavy atom. The van der Waals surface area contributed by atoms with E-state index in [0.717, 1.165) is 11.3 Å². The van der Waals surface area contributed by atoms with Gasteiger partial charge in [-0.05, 0) is 42.8 Å². The van der Waals surface area contributed by atoms with Crippen LogP contribution < -0.4 is 16.0 Å². The molecule has 3 aromatic carbocycles. The zero-order chi connectivity index (χ0) is 23.3. The van der Waals surface area contributed by atoms with Crippen LogP contribution >= 0.6 is 0 Å². The van der Waals surface area contributed by atoms with Gasteiger partial charge in [-0.3, -0.25) is 10.2 Å². The average Bonchev–Trinajstić information content (AvgIpc) is 2.77. The second-order valence-electron chi connectivity index (χ2n) is 7.37. The normalized spacial score (nSPS) is 11.1. The molecule has 0 aliphatic heterocycles. The van der Waals surface area contributed by atoms with Crippen molar-refractivity contribution in [1.29, 1.82) is 5.41 Å². The first-order chi connectivity index (χ1) is 15.2. The molecule has 0 atom stereocenters. The Morgan fingerprint density at radius 1 is 1.03 bits per heavy atom. The fourth-order valence-corrected chi connectivity index (χ4v) is 4.30. The van der Waals surface area contributed by atoms with Crippen molar-refractivity contribution >= 4 is 33.0 Å². The smallest absolute Gasteiger partial charge is 0.243 e. The topological polar surface area (TPSA) is 116 Å². The molecule has 0 spiro atoms. The minimum atomic E-state index is -3.36. The average molecular weight is 451 g/mol. The molecule has 4 N–H and O–H groups in total. The van der Waals surface area contributed by atoms with Gasteiger partial charge in [0, 0.05) is 35.3 Å². The predicted molar refractivity (Wildman–Crippen MR) is 129 cm³/mol. The molecule has 0 aromatic heterocycles. The minimum absolute atomic E-state index is 0.0232. The first-order valence-corrected chi connectivity index (χ1v) is 12.0. The number of hydrogen-bond donors (Lipinski definition) is 3. The van der Waals surface area contributed by atoms with Gasteiger partial charge in [0.25, 0.3) is 0 Å². The summed E-state index contributed by atoms with van der Waals surface area (Å²) in [5, 5.41) is 10.5. The lowest BCUT2D eigenvalue weighted by molar-refractivity contribution is -0.115. The first kappa shape index (κ1) is 23.0. The maximum atomic E-state index is 12.6. The van der Waals surface area contributed by atoms with E-state index in [1.165, 1.54) is 6.26 Å². The lowest BCUT2D eigenvalue weighted by Crippen LogP contribution is -2.33. The van der Waals surface area contributed by atoms with Crippen molar-refractivity contribution in [2.24, 2.45) is 5.73 Å². The van der Waals surface area contributed by atoms with Crippen LogP contribution in [0, 0.1) is 5.41 Å². The highest BCUT2D eigenvalue weighted by Crippen LogP contribution is 2.28. The van der Waals surface area contributed by atoms with Crippen molar-refractivity contribution in [3.05, 3.63) is 78.4 Å². The number of benzene rings is 3. The lowest BCUT2D eigenvalue weighted by Gasteiger charge is -2.23. The van der Waals surface area contributed by atoms with Crippen LogP contribution in [0.5, 0.6) is 0 Å². The van der Waals surface area contributed by atoms with Crippen LogP contribution in [0.2, 0.25) is 0 Å². The van der Waals surface area contributed by atoms with Crippen molar-refractivity contribution in [3.63, 3.8) is 0 Å². The molecule has 3 aromatic rings.